The van der Waals surface area contributed by atoms with E-state index in [0.717, 1.165) is 12.8 Å². The second-order valence-corrected chi connectivity index (χ2v) is 5.91. The third kappa shape index (κ3) is 2.44. The topological polar surface area (TPSA) is 49.4 Å². The molecule has 0 spiro atoms. The normalized spacial score (nSPS) is 37.8. The summed E-state index contributed by atoms with van der Waals surface area (Å²) in [5.74, 6) is -1.05. The lowest BCUT2D eigenvalue weighted by Gasteiger charge is -2.17. The molecule has 1 saturated carbocycles. The minimum atomic E-state index is -2.39. The highest BCUT2D eigenvalue weighted by Crippen LogP contribution is 2.45. The monoisotopic (exact) mass is 272 g/mol. The summed E-state index contributed by atoms with van der Waals surface area (Å²) in [6.07, 6.45) is 0.252. The van der Waals surface area contributed by atoms with Gasteiger partial charge in [0.25, 0.3) is 0 Å². The standard InChI is InChI=1S/C13H18F2N2O2/c14-12(15)8-4-9(8)13(19)17-5-7-2-1-3-11(18)16-10(7)6-17/h7-10,12H,1-6H2,(H,16,18)/t7?,8-,9-,10?/m0/s1. The van der Waals surface area contributed by atoms with Gasteiger partial charge in [-0.25, -0.2) is 8.78 Å². The predicted molar refractivity (Wildman–Crippen MR) is 63.5 cm³/mol. The third-order valence-electron chi connectivity index (χ3n) is 4.56. The molecule has 0 bridgehead atoms. The minimum absolute atomic E-state index is 0.0164. The van der Waals surface area contributed by atoms with Gasteiger partial charge < -0.3 is 10.2 Å². The first-order valence-corrected chi connectivity index (χ1v) is 6.92. The third-order valence-corrected chi connectivity index (χ3v) is 4.56. The van der Waals surface area contributed by atoms with E-state index in [9.17, 15) is 18.4 Å². The summed E-state index contributed by atoms with van der Waals surface area (Å²) >= 11 is 0. The van der Waals surface area contributed by atoms with E-state index < -0.39 is 18.3 Å². The number of rotatable bonds is 2. The Morgan fingerprint density at radius 2 is 2.16 bits per heavy atom. The number of carbonyl (C=O) groups excluding carboxylic acids is 2. The molecule has 0 radical (unpaired) electrons. The Labute approximate surface area is 110 Å². The van der Waals surface area contributed by atoms with E-state index in [1.165, 1.54) is 0 Å². The van der Waals surface area contributed by atoms with Crippen molar-refractivity contribution in [3.63, 3.8) is 0 Å². The molecule has 4 atom stereocenters. The summed E-state index contributed by atoms with van der Waals surface area (Å²) < 4.78 is 25.0. The molecule has 2 amide bonds. The Hall–Kier alpha value is -1.20. The van der Waals surface area contributed by atoms with Crippen LogP contribution < -0.4 is 5.32 Å². The van der Waals surface area contributed by atoms with Gasteiger partial charge in [-0.15, -0.1) is 0 Å². The van der Waals surface area contributed by atoms with Crippen LogP contribution in [0.5, 0.6) is 0 Å². The van der Waals surface area contributed by atoms with Crippen LogP contribution in [-0.2, 0) is 9.59 Å². The summed E-state index contributed by atoms with van der Waals surface area (Å²) in [4.78, 5) is 25.3. The number of hydrogen-bond donors (Lipinski definition) is 1. The van der Waals surface area contributed by atoms with Crippen molar-refractivity contribution in [2.45, 2.75) is 38.2 Å². The number of fused-ring (bicyclic) bond motifs is 1. The Kier molecular flexibility index (Phi) is 3.19. The van der Waals surface area contributed by atoms with Crippen molar-refractivity contribution in [3.8, 4) is 0 Å². The van der Waals surface area contributed by atoms with Crippen LogP contribution in [0.4, 0.5) is 8.78 Å². The van der Waals surface area contributed by atoms with Crippen molar-refractivity contribution >= 4 is 11.8 Å². The van der Waals surface area contributed by atoms with Gasteiger partial charge in [-0.1, -0.05) is 0 Å². The van der Waals surface area contributed by atoms with E-state index in [1.807, 2.05) is 0 Å². The lowest BCUT2D eigenvalue weighted by Crippen LogP contribution is -2.39. The molecule has 0 aromatic rings. The molecule has 6 heteroatoms. The molecule has 19 heavy (non-hydrogen) atoms. The van der Waals surface area contributed by atoms with Gasteiger partial charge in [0.1, 0.15) is 0 Å². The van der Waals surface area contributed by atoms with Crippen molar-refractivity contribution in [1.82, 2.24) is 10.2 Å². The largest absolute Gasteiger partial charge is 0.351 e. The molecular weight excluding hydrogens is 254 g/mol. The van der Waals surface area contributed by atoms with Crippen molar-refractivity contribution in [2.24, 2.45) is 17.8 Å². The Morgan fingerprint density at radius 1 is 1.37 bits per heavy atom. The zero-order valence-corrected chi connectivity index (χ0v) is 10.6. The first kappa shape index (κ1) is 12.8. The van der Waals surface area contributed by atoms with Crippen molar-refractivity contribution in [1.29, 1.82) is 0 Å². The maximum Gasteiger partial charge on any atom is 0.242 e. The second kappa shape index (κ2) is 4.72. The summed E-state index contributed by atoms with van der Waals surface area (Å²) in [7, 11) is 0. The molecule has 106 valence electrons. The molecule has 0 aromatic heterocycles. The Balaban J connectivity index is 1.60. The van der Waals surface area contributed by atoms with E-state index in [-0.39, 0.29) is 17.9 Å². The van der Waals surface area contributed by atoms with E-state index in [2.05, 4.69) is 5.32 Å². The van der Waals surface area contributed by atoms with Crippen LogP contribution in [0, 0.1) is 17.8 Å². The zero-order chi connectivity index (χ0) is 13.6. The molecule has 2 aliphatic heterocycles. The highest BCUT2D eigenvalue weighted by molar-refractivity contribution is 5.82. The van der Waals surface area contributed by atoms with Crippen molar-refractivity contribution < 1.29 is 18.4 Å². The van der Waals surface area contributed by atoms with Gasteiger partial charge in [0.05, 0.1) is 6.04 Å². The van der Waals surface area contributed by atoms with Gasteiger partial charge in [0, 0.05) is 31.3 Å². The first-order chi connectivity index (χ1) is 9.06. The van der Waals surface area contributed by atoms with Crippen molar-refractivity contribution in [2.75, 3.05) is 13.1 Å². The van der Waals surface area contributed by atoms with Gasteiger partial charge in [-0.3, -0.25) is 9.59 Å². The molecule has 2 heterocycles. The molecule has 3 fully saturated rings. The lowest BCUT2D eigenvalue weighted by atomic mass is 9.99. The second-order valence-electron chi connectivity index (χ2n) is 5.91. The number of nitrogens with zero attached hydrogens (tertiary/aromatic N) is 1. The molecular formula is C13H18F2N2O2. The molecule has 4 nitrogen and oxygen atoms in total. The molecule has 2 unspecified atom stereocenters. The van der Waals surface area contributed by atoms with Gasteiger partial charge in [0.2, 0.25) is 18.2 Å². The summed E-state index contributed by atoms with van der Waals surface area (Å²) in [6.45, 7) is 1.10. The van der Waals surface area contributed by atoms with E-state index in [1.54, 1.807) is 4.90 Å². The fourth-order valence-corrected chi connectivity index (χ4v) is 3.32. The predicted octanol–water partition coefficient (Wildman–Crippen LogP) is 1.01. The molecule has 3 rings (SSSR count). The van der Waals surface area contributed by atoms with Crippen molar-refractivity contribution in [3.05, 3.63) is 0 Å². The maximum atomic E-state index is 12.5. The van der Waals surface area contributed by atoms with Gasteiger partial charge >= 0.3 is 0 Å². The van der Waals surface area contributed by atoms with Crippen LogP contribution in [-0.4, -0.2) is 42.3 Å². The van der Waals surface area contributed by atoms with E-state index in [4.69, 9.17) is 0 Å². The van der Waals surface area contributed by atoms with Crippen LogP contribution in [0.3, 0.4) is 0 Å². The average molecular weight is 272 g/mol. The van der Waals surface area contributed by atoms with Gasteiger partial charge in [-0.2, -0.15) is 0 Å². The smallest absolute Gasteiger partial charge is 0.242 e. The Morgan fingerprint density at radius 3 is 2.84 bits per heavy atom. The van der Waals surface area contributed by atoms with Crippen LogP contribution >= 0.6 is 0 Å². The number of carbonyl (C=O) groups is 2. The molecule has 0 aromatic carbocycles. The zero-order valence-electron chi connectivity index (χ0n) is 10.6. The van der Waals surface area contributed by atoms with E-state index in [0.29, 0.717) is 31.8 Å². The lowest BCUT2D eigenvalue weighted by molar-refractivity contribution is -0.133. The fourth-order valence-electron chi connectivity index (χ4n) is 3.32. The highest BCUT2D eigenvalue weighted by Gasteiger charge is 2.51. The fraction of sp³-hybridized carbons (Fsp3) is 0.846. The molecule has 1 N–H and O–H groups in total. The van der Waals surface area contributed by atoms with Gasteiger partial charge in [0.15, 0.2) is 0 Å². The van der Waals surface area contributed by atoms with Crippen LogP contribution in [0.2, 0.25) is 0 Å². The number of halogens is 2. The number of alkyl halides is 2. The summed E-state index contributed by atoms with van der Waals surface area (Å²) in [5, 5.41) is 2.94. The number of nitrogens with one attached hydrogen (secondary N) is 1. The van der Waals surface area contributed by atoms with Gasteiger partial charge in [-0.05, 0) is 25.2 Å². The highest BCUT2D eigenvalue weighted by atomic mass is 19.3. The summed E-state index contributed by atoms with van der Waals surface area (Å²) in [5.41, 5.74) is 0. The average Bonchev–Trinajstić information content (AvgIpc) is 3.09. The molecule has 1 aliphatic carbocycles. The number of hydrogen-bond acceptors (Lipinski definition) is 2. The first-order valence-electron chi connectivity index (χ1n) is 6.92. The van der Waals surface area contributed by atoms with Crippen LogP contribution in [0.25, 0.3) is 0 Å². The minimum Gasteiger partial charge on any atom is -0.351 e. The summed E-state index contributed by atoms with van der Waals surface area (Å²) in [6, 6.07) is 0.0164. The number of amides is 2. The molecule has 3 aliphatic rings. The number of likely N-dealkylation sites (tertiary alicyclic amines) is 1. The maximum absolute atomic E-state index is 12.5. The van der Waals surface area contributed by atoms with E-state index >= 15 is 0 Å². The van der Waals surface area contributed by atoms with Crippen LogP contribution in [0.1, 0.15) is 25.7 Å². The molecule has 2 saturated heterocycles. The quantitative estimate of drug-likeness (QED) is 0.815. The SMILES string of the molecule is O=C1CCCC2CN(C(=O)[C@H]3C[C@@H]3C(F)F)CC2N1. The Bertz CT molecular complexity index is 402. The van der Waals surface area contributed by atoms with Crippen LogP contribution in [0.15, 0.2) is 0 Å².